The number of nitrogens with zero attached hydrogens (tertiary/aromatic N) is 3. The minimum absolute atomic E-state index is 0.161. The molecule has 0 saturated carbocycles. The maximum Gasteiger partial charge on any atom is 0.107 e. The molecular weight excluding hydrogens is 258 g/mol. The monoisotopic (exact) mass is 281 g/mol. The van der Waals surface area contributed by atoms with Gasteiger partial charge in [0.15, 0.2) is 0 Å². The summed E-state index contributed by atoms with van der Waals surface area (Å²) < 4.78 is 6.16. The van der Waals surface area contributed by atoms with E-state index in [9.17, 15) is 0 Å². The predicted octanol–water partition coefficient (Wildman–Crippen LogP) is 1.83. The highest BCUT2D eigenvalue weighted by Gasteiger charge is 2.43. The number of hydrogen-bond donors (Lipinski definition) is 0. The van der Waals surface area contributed by atoms with E-state index >= 15 is 0 Å². The molecule has 2 fully saturated rings. The van der Waals surface area contributed by atoms with E-state index in [1.807, 2.05) is 6.20 Å². The Morgan fingerprint density at radius 1 is 1.47 bits per heavy atom. The quantitative estimate of drug-likeness (QED) is 0.845. The summed E-state index contributed by atoms with van der Waals surface area (Å²) in [4.78, 5) is 9.19. The number of rotatable bonds is 3. The van der Waals surface area contributed by atoms with Gasteiger partial charge >= 0.3 is 0 Å². The SMILES string of the molecule is CN(C)[C@H]1COC2(CCN(Cc3nccs3)CC2)C1. The lowest BCUT2D eigenvalue weighted by Crippen LogP contribution is -2.44. The molecule has 106 valence electrons. The number of piperidine rings is 1. The fourth-order valence-corrected chi connectivity index (χ4v) is 3.80. The Bertz CT molecular complexity index is 399. The first-order valence-corrected chi connectivity index (χ1v) is 7.96. The van der Waals surface area contributed by atoms with E-state index in [1.54, 1.807) is 11.3 Å². The van der Waals surface area contributed by atoms with Gasteiger partial charge in [0.25, 0.3) is 0 Å². The van der Waals surface area contributed by atoms with E-state index in [4.69, 9.17) is 4.74 Å². The lowest BCUT2D eigenvalue weighted by molar-refractivity contribution is -0.0451. The Labute approximate surface area is 119 Å². The van der Waals surface area contributed by atoms with Crippen LogP contribution in [0.2, 0.25) is 0 Å². The second-order valence-electron chi connectivity index (χ2n) is 6.02. The van der Waals surface area contributed by atoms with Crippen molar-refractivity contribution in [3.05, 3.63) is 16.6 Å². The molecule has 1 atom stereocenters. The molecular formula is C14H23N3OS. The Hall–Kier alpha value is -0.490. The Morgan fingerprint density at radius 3 is 2.84 bits per heavy atom. The van der Waals surface area contributed by atoms with E-state index in [1.165, 1.54) is 24.3 Å². The number of likely N-dealkylation sites (N-methyl/N-ethyl adjacent to an activating group) is 1. The molecule has 1 aromatic heterocycles. The second-order valence-corrected chi connectivity index (χ2v) is 7.00. The molecule has 3 heterocycles. The number of thiazole rings is 1. The van der Waals surface area contributed by atoms with Crippen LogP contribution < -0.4 is 0 Å². The number of aromatic nitrogens is 1. The van der Waals surface area contributed by atoms with Crippen molar-refractivity contribution < 1.29 is 4.74 Å². The minimum Gasteiger partial charge on any atom is -0.373 e. The first-order valence-electron chi connectivity index (χ1n) is 7.08. The Balaban J connectivity index is 1.52. The summed E-state index contributed by atoms with van der Waals surface area (Å²) in [7, 11) is 4.31. The summed E-state index contributed by atoms with van der Waals surface area (Å²) in [5.41, 5.74) is 0.161. The molecule has 0 unspecified atom stereocenters. The zero-order valence-corrected chi connectivity index (χ0v) is 12.7. The highest BCUT2D eigenvalue weighted by molar-refractivity contribution is 7.09. The largest absolute Gasteiger partial charge is 0.373 e. The first kappa shape index (κ1) is 13.5. The van der Waals surface area contributed by atoms with E-state index in [0.717, 1.165) is 26.2 Å². The Kier molecular flexibility index (Phi) is 3.89. The van der Waals surface area contributed by atoms with Crippen molar-refractivity contribution in [2.75, 3.05) is 33.8 Å². The summed E-state index contributed by atoms with van der Waals surface area (Å²) in [6.07, 6.45) is 5.43. The van der Waals surface area contributed by atoms with Gasteiger partial charge in [-0.15, -0.1) is 11.3 Å². The summed E-state index contributed by atoms with van der Waals surface area (Å²) in [6.45, 7) is 4.18. The molecule has 2 saturated heterocycles. The molecule has 2 aliphatic heterocycles. The van der Waals surface area contributed by atoms with E-state index in [-0.39, 0.29) is 5.60 Å². The van der Waals surface area contributed by atoms with E-state index < -0.39 is 0 Å². The molecule has 2 aliphatic rings. The molecule has 0 aromatic carbocycles. The lowest BCUT2D eigenvalue weighted by atomic mass is 9.87. The molecule has 0 bridgehead atoms. The standard InChI is InChI=1S/C14H23N3OS/c1-16(2)12-9-14(18-11-12)3-6-17(7-4-14)10-13-15-5-8-19-13/h5,8,12H,3-4,6-7,9-11H2,1-2H3/t12-/m1/s1. The van der Waals surface area contributed by atoms with Gasteiger partial charge in [-0.3, -0.25) is 4.90 Å². The highest BCUT2D eigenvalue weighted by Crippen LogP contribution is 2.37. The van der Waals surface area contributed by atoms with Gasteiger partial charge in [0.2, 0.25) is 0 Å². The third kappa shape index (κ3) is 2.99. The summed E-state index contributed by atoms with van der Waals surface area (Å²) in [6, 6.07) is 0.602. The number of likely N-dealkylation sites (tertiary alicyclic amines) is 1. The van der Waals surface area contributed by atoms with Crippen LogP contribution in [-0.2, 0) is 11.3 Å². The van der Waals surface area contributed by atoms with Gasteiger partial charge in [0, 0.05) is 30.7 Å². The average molecular weight is 281 g/mol. The van der Waals surface area contributed by atoms with E-state index in [2.05, 4.69) is 34.3 Å². The Morgan fingerprint density at radius 2 is 2.26 bits per heavy atom. The van der Waals surface area contributed by atoms with Crippen LogP contribution in [0.5, 0.6) is 0 Å². The van der Waals surface area contributed by atoms with Crippen LogP contribution in [0.25, 0.3) is 0 Å². The lowest BCUT2D eigenvalue weighted by Gasteiger charge is -2.38. The molecule has 0 aliphatic carbocycles. The minimum atomic E-state index is 0.161. The third-order valence-electron chi connectivity index (χ3n) is 4.53. The van der Waals surface area contributed by atoms with Crippen molar-refractivity contribution >= 4 is 11.3 Å². The van der Waals surface area contributed by atoms with Crippen molar-refractivity contribution in [3.63, 3.8) is 0 Å². The van der Waals surface area contributed by atoms with Crippen molar-refractivity contribution in [3.8, 4) is 0 Å². The van der Waals surface area contributed by atoms with Crippen molar-refractivity contribution in [1.29, 1.82) is 0 Å². The van der Waals surface area contributed by atoms with Crippen LogP contribution in [0.15, 0.2) is 11.6 Å². The fourth-order valence-electron chi connectivity index (χ4n) is 3.14. The molecule has 0 N–H and O–H groups in total. The molecule has 1 spiro atoms. The maximum absolute atomic E-state index is 6.16. The number of hydrogen-bond acceptors (Lipinski definition) is 5. The van der Waals surface area contributed by atoms with Gasteiger partial charge in [-0.1, -0.05) is 0 Å². The van der Waals surface area contributed by atoms with Crippen LogP contribution in [0.1, 0.15) is 24.3 Å². The van der Waals surface area contributed by atoms with Gasteiger partial charge in [0.05, 0.1) is 18.8 Å². The molecule has 1 aromatic rings. The summed E-state index contributed by atoms with van der Waals surface area (Å²) >= 11 is 1.75. The zero-order valence-electron chi connectivity index (χ0n) is 11.8. The van der Waals surface area contributed by atoms with E-state index in [0.29, 0.717) is 6.04 Å². The second kappa shape index (κ2) is 5.48. The van der Waals surface area contributed by atoms with Gasteiger partial charge in [0.1, 0.15) is 5.01 Å². The van der Waals surface area contributed by atoms with Crippen LogP contribution in [0.3, 0.4) is 0 Å². The third-order valence-corrected chi connectivity index (χ3v) is 5.29. The zero-order chi connectivity index (χ0) is 13.3. The van der Waals surface area contributed by atoms with Gasteiger partial charge in [-0.2, -0.15) is 0 Å². The fraction of sp³-hybridized carbons (Fsp3) is 0.786. The topological polar surface area (TPSA) is 28.6 Å². The van der Waals surface area contributed by atoms with Crippen LogP contribution in [-0.4, -0.2) is 60.2 Å². The van der Waals surface area contributed by atoms with Crippen molar-refractivity contribution in [2.24, 2.45) is 0 Å². The highest BCUT2D eigenvalue weighted by atomic mass is 32.1. The normalized spacial score (nSPS) is 27.4. The van der Waals surface area contributed by atoms with Crippen LogP contribution in [0, 0.1) is 0 Å². The molecule has 3 rings (SSSR count). The summed E-state index contributed by atoms with van der Waals surface area (Å²) in [5, 5.41) is 3.29. The van der Waals surface area contributed by atoms with Gasteiger partial charge in [-0.05, 0) is 33.4 Å². The van der Waals surface area contributed by atoms with Crippen molar-refractivity contribution in [1.82, 2.24) is 14.8 Å². The van der Waals surface area contributed by atoms with Crippen LogP contribution >= 0.6 is 11.3 Å². The molecule has 0 amide bonds. The van der Waals surface area contributed by atoms with Gasteiger partial charge in [-0.25, -0.2) is 4.98 Å². The molecule has 0 radical (unpaired) electrons. The van der Waals surface area contributed by atoms with Gasteiger partial charge < -0.3 is 9.64 Å². The van der Waals surface area contributed by atoms with Crippen LogP contribution in [0.4, 0.5) is 0 Å². The smallest absolute Gasteiger partial charge is 0.107 e. The molecule has 4 nitrogen and oxygen atoms in total. The van der Waals surface area contributed by atoms with Crippen molar-refractivity contribution in [2.45, 2.75) is 37.5 Å². The average Bonchev–Trinajstić information content (AvgIpc) is 3.03. The molecule has 5 heteroatoms. The first-order chi connectivity index (χ1) is 9.17. The number of ether oxygens (including phenoxy) is 1. The molecule has 19 heavy (non-hydrogen) atoms. The predicted molar refractivity (Wildman–Crippen MR) is 77.4 cm³/mol. The summed E-state index contributed by atoms with van der Waals surface area (Å²) in [5.74, 6) is 0. The maximum atomic E-state index is 6.16.